The van der Waals surface area contributed by atoms with Crippen LogP contribution in [0.3, 0.4) is 0 Å². The second kappa shape index (κ2) is 12.3. The third-order valence-corrected chi connectivity index (χ3v) is 12.9. The third-order valence-electron chi connectivity index (χ3n) is 8.89. The normalized spacial score (nSPS) is 13.5. The van der Waals surface area contributed by atoms with Crippen LogP contribution >= 0.6 is 10.0 Å². The first-order valence-electron chi connectivity index (χ1n) is 15.9. The van der Waals surface area contributed by atoms with Crippen LogP contribution in [0.15, 0.2) is 208 Å². The van der Waals surface area contributed by atoms with Crippen LogP contribution in [0.25, 0.3) is 0 Å². The smallest absolute Gasteiger partial charge is 0.195 e. The lowest BCUT2D eigenvalue weighted by molar-refractivity contribution is 0.103. The predicted octanol–water partition coefficient (Wildman–Crippen LogP) is 11.3. The molecule has 230 valence electrons. The summed E-state index contributed by atoms with van der Waals surface area (Å²) in [4.78, 5) is 35.8. The third kappa shape index (κ3) is 4.69. The molecule has 0 radical (unpaired) electrons. The van der Waals surface area contributed by atoms with Crippen molar-refractivity contribution < 1.29 is 9.59 Å². The van der Waals surface area contributed by atoms with Crippen LogP contribution in [0, 0.1) is 0 Å². The average molecular weight is 638 g/mol. The van der Waals surface area contributed by atoms with E-state index in [-0.39, 0.29) is 11.6 Å². The van der Waals surface area contributed by atoms with E-state index in [0.717, 1.165) is 21.2 Å². The van der Waals surface area contributed by atoms with E-state index >= 15 is 0 Å². The number of ketones is 2. The molecule has 4 heteroatoms. The van der Waals surface area contributed by atoms with Crippen molar-refractivity contribution in [2.24, 2.45) is 0 Å². The molecule has 0 aliphatic carbocycles. The zero-order valence-corrected chi connectivity index (χ0v) is 26.9. The fourth-order valence-corrected chi connectivity index (χ4v) is 11.0. The van der Waals surface area contributed by atoms with Gasteiger partial charge in [-0.25, -0.2) is 0 Å². The molecule has 0 saturated heterocycles. The second-order valence-corrected chi connectivity index (χ2v) is 14.6. The van der Waals surface area contributed by atoms with Crippen LogP contribution in [0.5, 0.6) is 0 Å². The molecular weight excluding hydrogens is 607 g/mol. The van der Waals surface area contributed by atoms with Gasteiger partial charge in [-0.15, -0.1) is 10.0 Å². The Balaban J connectivity index is 1.48. The van der Waals surface area contributed by atoms with E-state index in [9.17, 15) is 9.59 Å². The van der Waals surface area contributed by atoms with E-state index in [1.807, 2.05) is 91.0 Å². The van der Waals surface area contributed by atoms with Gasteiger partial charge in [0.25, 0.3) is 0 Å². The number of nitrogens with zero attached hydrogens (tertiary/aromatic N) is 1. The molecule has 1 aliphatic heterocycles. The lowest BCUT2D eigenvalue weighted by Gasteiger charge is -2.50. The van der Waals surface area contributed by atoms with E-state index in [4.69, 9.17) is 0 Å². The summed E-state index contributed by atoms with van der Waals surface area (Å²) in [6.45, 7) is 0. The summed E-state index contributed by atoms with van der Waals surface area (Å²) in [5, 5.41) is 0. The van der Waals surface area contributed by atoms with Gasteiger partial charge in [-0.05, 0) is 60.7 Å². The Morgan fingerprint density at radius 1 is 0.375 bits per heavy atom. The van der Waals surface area contributed by atoms with Crippen molar-refractivity contribution in [2.45, 2.75) is 19.6 Å². The van der Waals surface area contributed by atoms with Crippen LogP contribution < -0.4 is 4.90 Å². The van der Waals surface area contributed by atoms with Gasteiger partial charge in [0, 0.05) is 41.8 Å². The predicted molar refractivity (Wildman–Crippen MR) is 194 cm³/mol. The monoisotopic (exact) mass is 637 g/mol. The molecule has 3 nitrogen and oxygen atoms in total. The minimum atomic E-state index is -2.00. The lowest BCUT2D eigenvalue weighted by Crippen LogP contribution is -2.25. The molecule has 7 aromatic rings. The van der Waals surface area contributed by atoms with Crippen molar-refractivity contribution >= 4 is 38.7 Å². The molecule has 0 fully saturated rings. The number of anilines is 3. The number of hydrogen-bond donors (Lipinski definition) is 0. The first-order valence-corrected chi connectivity index (χ1v) is 17.6. The van der Waals surface area contributed by atoms with Crippen molar-refractivity contribution in [3.8, 4) is 0 Å². The number of para-hydroxylation sites is 3. The number of carbonyl (C=O) groups excluding carboxylic acids is 2. The molecule has 0 bridgehead atoms. The number of hydrogen-bond acceptors (Lipinski definition) is 3. The summed E-state index contributed by atoms with van der Waals surface area (Å²) in [5.74, 6) is -0.280. The minimum absolute atomic E-state index is 0.140. The Labute approximate surface area is 282 Å². The van der Waals surface area contributed by atoms with Crippen LogP contribution in [-0.4, -0.2) is 11.6 Å². The molecule has 8 rings (SSSR count). The Morgan fingerprint density at radius 2 is 0.729 bits per heavy atom. The highest BCUT2D eigenvalue weighted by Crippen LogP contribution is 2.79. The molecule has 0 spiro atoms. The molecule has 0 N–H and O–H groups in total. The van der Waals surface area contributed by atoms with Crippen molar-refractivity contribution in [1.82, 2.24) is 0 Å². The highest BCUT2D eigenvalue weighted by molar-refractivity contribution is 8.34. The van der Waals surface area contributed by atoms with Gasteiger partial charge in [-0.2, -0.15) is 0 Å². The van der Waals surface area contributed by atoms with E-state index < -0.39 is 10.0 Å². The van der Waals surface area contributed by atoms with Gasteiger partial charge in [-0.3, -0.25) is 9.59 Å². The van der Waals surface area contributed by atoms with Gasteiger partial charge in [0.1, 0.15) is 0 Å². The van der Waals surface area contributed by atoms with Crippen molar-refractivity contribution in [1.29, 1.82) is 0 Å². The molecule has 1 aliphatic rings. The summed E-state index contributed by atoms with van der Waals surface area (Å²) < 4.78 is 0. The van der Waals surface area contributed by atoms with Gasteiger partial charge in [0.2, 0.25) is 0 Å². The van der Waals surface area contributed by atoms with Crippen molar-refractivity contribution in [2.75, 3.05) is 4.90 Å². The van der Waals surface area contributed by atoms with Crippen molar-refractivity contribution in [3.05, 3.63) is 210 Å². The summed E-state index contributed by atoms with van der Waals surface area (Å²) in [6.07, 6.45) is 0. The number of benzene rings is 7. The molecule has 0 aromatic heterocycles. The summed E-state index contributed by atoms with van der Waals surface area (Å²) in [7, 11) is -2.00. The molecular formula is C44H31NO2S. The highest BCUT2D eigenvalue weighted by Gasteiger charge is 2.43. The van der Waals surface area contributed by atoms with E-state index in [1.54, 1.807) is 0 Å². The second-order valence-electron chi connectivity index (χ2n) is 11.6. The molecule has 1 heterocycles. The topological polar surface area (TPSA) is 37.4 Å². The average Bonchev–Trinajstić information content (AvgIpc) is 3.17. The Kier molecular flexibility index (Phi) is 7.56. The van der Waals surface area contributed by atoms with Gasteiger partial charge in [0.05, 0.1) is 17.1 Å². The van der Waals surface area contributed by atoms with E-state index in [2.05, 4.69) is 102 Å². The highest BCUT2D eigenvalue weighted by atomic mass is 32.3. The van der Waals surface area contributed by atoms with E-state index in [1.165, 1.54) is 9.79 Å². The fraction of sp³-hybridized carbons (Fsp3) is 0. The number of carbonyl (C=O) groups is 2. The molecule has 7 aromatic carbocycles. The summed E-state index contributed by atoms with van der Waals surface area (Å²) in [6, 6.07) is 62.5. The maximum Gasteiger partial charge on any atom is 0.195 e. The van der Waals surface area contributed by atoms with Gasteiger partial charge >= 0.3 is 0 Å². The van der Waals surface area contributed by atoms with Gasteiger partial charge in [0.15, 0.2) is 11.6 Å². The first-order chi connectivity index (χ1) is 23.7. The summed E-state index contributed by atoms with van der Waals surface area (Å²) >= 11 is 0. The van der Waals surface area contributed by atoms with Crippen LogP contribution in [-0.2, 0) is 0 Å². The number of rotatable bonds is 7. The minimum Gasteiger partial charge on any atom is -0.307 e. The largest absolute Gasteiger partial charge is 0.307 e. The summed E-state index contributed by atoms with van der Waals surface area (Å²) in [5.41, 5.74) is 4.52. The van der Waals surface area contributed by atoms with Crippen LogP contribution in [0.1, 0.15) is 31.8 Å². The quantitative estimate of drug-likeness (QED) is 0.163. The maximum atomic E-state index is 14.5. The van der Waals surface area contributed by atoms with Gasteiger partial charge < -0.3 is 4.90 Å². The molecule has 0 unspecified atom stereocenters. The Hall–Kier alpha value is -5.97. The molecule has 0 saturated carbocycles. The fourth-order valence-electron chi connectivity index (χ4n) is 6.82. The van der Waals surface area contributed by atoms with Crippen LogP contribution in [0.2, 0.25) is 0 Å². The van der Waals surface area contributed by atoms with Crippen molar-refractivity contribution in [3.63, 3.8) is 0 Å². The van der Waals surface area contributed by atoms with Crippen LogP contribution in [0.4, 0.5) is 17.1 Å². The van der Waals surface area contributed by atoms with E-state index in [0.29, 0.717) is 27.9 Å². The molecule has 48 heavy (non-hydrogen) atoms. The van der Waals surface area contributed by atoms with Gasteiger partial charge in [-0.1, -0.05) is 127 Å². The lowest BCUT2D eigenvalue weighted by atomic mass is 9.93. The maximum absolute atomic E-state index is 14.5. The zero-order valence-electron chi connectivity index (χ0n) is 26.1. The Bertz CT molecular complexity index is 2110. The standard InChI is InChI=1S/C44H31NO2S/c46-43(32-18-5-1-6-19-32)36-26-17-27-37(44(47)33-20-7-2-8-21-33)42(36)45-38-28-13-15-30-40(38)48(34-22-9-3-10-23-34,35-24-11-4-12-25-35)41-31-16-14-29-39(41)45/h1-31H. The molecule has 0 amide bonds. The SMILES string of the molecule is O=C(c1ccccc1)c1cccc(C(=O)c2ccccc2)c1N1c2ccccc2S(c2ccccc2)(c2ccccc2)c2ccccc21. The zero-order chi connectivity index (χ0) is 32.5. The first kappa shape index (κ1) is 29.4. The molecule has 0 atom stereocenters. The number of fused-ring (bicyclic) bond motifs is 2. The Morgan fingerprint density at radius 3 is 1.15 bits per heavy atom.